The van der Waals surface area contributed by atoms with Crippen molar-refractivity contribution in [3.8, 4) is 5.75 Å². The maximum absolute atomic E-state index is 12.5. The van der Waals surface area contributed by atoms with E-state index < -0.39 is 0 Å². The summed E-state index contributed by atoms with van der Waals surface area (Å²) in [6, 6.07) is 25.9. The zero-order valence-electron chi connectivity index (χ0n) is 16.9. The second-order valence-electron chi connectivity index (χ2n) is 6.82. The first-order valence-electron chi connectivity index (χ1n) is 9.96. The summed E-state index contributed by atoms with van der Waals surface area (Å²) in [4.78, 5) is 13.8. The van der Waals surface area contributed by atoms with Gasteiger partial charge >= 0.3 is 0 Å². The van der Waals surface area contributed by atoms with E-state index in [1.807, 2.05) is 49.4 Å². The molecule has 0 fully saturated rings. The van der Waals surface area contributed by atoms with Crippen LogP contribution in [0.3, 0.4) is 0 Å². The summed E-state index contributed by atoms with van der Waals surface area (Å²) in [5, 5.41) is 3.06. The molecule has 0 aliphatic carbocycles. The second-order valence-corrected chi connectivity index (χ2v) is 7.99. The SMILES string of the molecule is CCc1ccc([C@H](C)NC(=O)c2ccc(OCCSc3ccccc3)cc2)cc1. The average molecular weight is 406 g/mol. The lowest BCUT2D eigenvalue weighted by Gasteiger charge is -2.15. The average Bonchev–Trinajstić information content (AvgIpc) is 2.78. The Labute approximate surface area is 177 Å². The van der Waals surface area contributed by atoms with E-state index >= 15 is 0 Å². The minimum Gasteiger partial charge on any atom is -0.493 e. The van der Waals surface area contributed by atoms with E-state index in [1.165, 1.54) is 10.5 Å². The fraction of sp³-hybridized carbons (Fsp3) is 0.240. The van der Waals surface area contributed by atoms with Gasteiger partial charge in [0, 0.05) is 16.2 Å². The van der Waals surface area contributed by atoms with E-state index in [0.717, 1.165) is 23.5 Å². The van der Waals surface area contributed by atoms with Crippen LogP contribution in [0.1, 0.15) is 41.4 Å². The molecule has 0 aliphatic rings. The molecule has 3 aromatic carbocycles. The molecule has 3 nitrogen and oxygen atoms in total. The Morgan fingerprint density at radius 3 is 2.31 bits per heavy atom. The van der Waals surface area contributed by atoms with Crippen LogP contribution in [0.5, 0.6) is 5.75 Å². The van der Waals surface area contributed by atoms with Gasteiger partial charge in [0.15, 0.2) is 0 Å². The third-order valence-corrected chi connectivity index (χ3v) is 5.69. The molecule has 1 N–H and O–H groups in total. The number of rotatable bonds is 9. The summed E-state index contributed by atoms with van der Waals surface area (Å²) < 4.78 is 5.78. The van der Waals surface area contributed by atoms with Crippen LogP contribution in [0, 0.1) is 0 Å². The van der Waals surface area contributed by atoms with Crippen LogP contribution in [0.25, 0.3) is 0 Å². The standard InChI is InChI=1S/C25H27NO2S/c1-3-20-9-11-21(12-10-20)19(2)26-25(27)22-13-15-23(16-14-22)28-17-18-29-24-7-5-4-6-8-24/h4-16,19H,3,17-18H2,1-2H3,(H,26,27)/t19-/m0/s1. The zero-order valence-corrected chi connectivity index (χ0v) is 17.7. The Morgan fingerprint density at radius 1 is 0.966 bits per heavy atom. The third kappa shape index (κ3) is 6.40. The number of carbonyl (C=O) groups is 1. The molecule has 3 aromatic rings. The topological polar surface area (TPSA) is 38.3 Å². The highest BCUT2D eigenvalue weighted by atomic mass is 32.2. The molecular formula is C25H27NO2S. The van der Waals surface area contributed by atoms with Gasteiger partial charge in [0.1, 0.15) is 5.75 Å². The second kappa shape index (κ2) is 10.7. The summed E-state index contributed by atoms with van der Waals surface area (Å²) in [5.74, 6) is 1.57. The molecule has 0 radical (unpaired) electrons. The van der Waals surface area contributed by atoms with E-state index in [4.69, 9.17) is 4.74 Å². The van der Waals surface area contributed by atoms with Crippen molar-refractivity contribution in [1.29, 1.82) is 0 Å². The molecule has 29 heavy (non-hydrogen) atoms. The summed E-state index contributed by atoms with van der Waals surface area (Å²) >= 11 is 1.77. The predicted molar refractivity (Wildman–Crippen MR) is 121 cm³/mol. The van der Waals surface area contributed by atoms with Crippen molar-refractivity contribution in [3.63, 3.8) is 0 Å². The summed E-state index contributed by atoms with van der Waals surface area (Å²) in [6.07, 6.45) is 1.01. The Balaban J connectivity index is 1.46. The van der Waals surface area contributed by atoms with Crippen molar-refractivity contribution in [2.45, 2.75) is 31.2 Å². The number of ether oxygens (including phenoxy) is 1. The van der Waals surface area contributed by atoms with Crippen LogP contribution < -0.4 is 10.1 Å². The van der Waals surface area contributed by atoms with Gasteiger partial charge in [-0.1, -0.05) is 49.4 Å². The molecule has 0 heterocycles. The zero-order chi connectivity index (χ0) is 20.5. The van der Waals surface area contributed by atoms with Gasteiger partial charge in [-0.3, -0.25) is 4.79 Å². The van der Waals surface area contributed by atoms with Gasteiger partial charge in [0.05, 0.1) is 12.6 Å². The van der Waals surface area contributed by atoms with Crippen molar-refractivity contribution < 1.29 is 9.53 Å². The number of aryl methyl sites for hydroxylation is 1. The number of hydrogen-bond acceptors (Lipinski definition) is 3. The van der Waals surface area contributed by atoms with Crippen molar-refractivity contribution in [2.75, 3.05) is 12.4 Å². The maximum atomic E-state index is 12.5. The maximum Gasteiger partial charge on any atom is 0.251 e. The first-order chi connectivity index (χ1) is 14.2. The van der Waals surface area contributed by atoms with Gasteiger partial charge in [0.25, 0.3) is 5.91 Å². The van der Waals surface area contributed by atoms with Crippen LogP contribution >= 0.6 is 11.8 Å². The minimum atomic E-state index is -0.0803. The van der Waals surface area contributed by atoms with Crippen LogP contribution in [-0.2, 0) is 6.42 Å². The van der Waals surface area contributed by atoms with E-state index in [0.29, 0.717) is 12.2 Å². The van der Waals surface area contributed by atoms with E-state index in [9.17, 15) is 4.79 Å². The largest absolute Gasteiger partial charge is 0.493 e. The number of benzene rings is 3. The molecule has 0 saturated carbocycles. The normalized spacial score (nSPS) is 11.7. The lowest BCUT2D eigenvalue weighted by atomic mass is 10.0. The first-order valence-corrected chi connectivity index (χ1v) is 10.9. The molecule has 150 valence electrons. The highest BCUT2D eigenvalue weighted by Crippen LogP contribution is 2.19. The Morgan fingerprint density at radius 2 is 1.66 bits per heavy atom. The van der Waals surface area contributed by atoms with E-state index in [1.54, 1.807) is 11.8 Å². The highest BCUT2D eigenvalue weighted by Gasteiger charge is 2.11. The van der Waals surface area contributed by atoms with E-state index in [2.05, 4.69) is 48.6 Å². The Hall–Kier alpha value is -2.72. The molecule has 1 amide bonds. The van der Waals surface area contributed by atoms with Crippen LogP contribution in [0.15, 0.2) is 83.8 Å². The summed E-state index contributed by atoms with van der Waals surface area (Å²) in [7, 11) is 0. The minimum absolute atomic E-state index is 0.0423. The molecule has 0 spiro atoms. The molecule has 0 aromatic heterocycles. The van der Waals surface area contributed by atoms with Gasteiger partial charge in [-0.2, -0.15) is 0 Å². The Kier molecular flexibility index (Phi) is 7.77. The summed E-state index contributed by atoms with van der Waals surface area (Å²) in [6.45, 7) is 4.76. The molecule has 0 aliphatic heterocycles. The number of hydrogen-bond donors (Lipinski definition) is 1. The van der Waals surface area contributed by atoms with Gasteiger partial charge < -0.3 is 10.1 Å². The van der Waals surface area contributed by atoms with Crippen molar-refractivity contribution in [2.24, 2.45) is 0 Å². The van der Waals surface area contributed by atoms with E-state index in [-0.39, 0.29) is 11.9 Å². The van der Waals surface area contributed by atoms with Gasteiger partial charge in [-0.05, 0) is 60.9 Å². The van der Waals surface area contributed by atoms with Gasteiger partial charge in [-0.25, -0.2) is 0 Å². The van der Waals surface area contributed by atoms with Crippen molar-refractivity contribution in [3.05, 3.63) is 95.6 Å². The van der Waals surface area contributed by atoms with Crippen molar-refractivity contribution in [1.82, 2.24) is 5.32 Å². The monoisotopic (exact) mass is 405 g/mol. The smallest absolute Gasteiger partial charge is 0.251 e. The number of carbonyl (C=O) groups excluding carboxylic acids is 1. The van der Waals surface area contributed by atoms with Gasteiger partial charge in [0.2, 0.25) is 0 Å². The molecule has 0 unspecified atom stereocenters. The molecule has 1 atom stereocenters. The fourth-order valence-electron chi connectivity index (χ4n) is 2.94. The molecule has 0 bridgehead atoms. The number of amides is 1. The molecule has 0 saturated heterocycles. The lowest BCUT2D eigenvalue weighted by Crippen LogP contribution is -2.26. The van der Waals surface area contributed by atoms with Crippen LogP contribution in [0.4, 0.5) is 0 Å². The molecule has 4 heteroatoms. The molecular weight excluding hydrogens is 378 g/mol. The summed E-state index contributed by atoms with van der Waals surface area (Å²) in [5.41, 5.74) is 3.03. The Bertz CT molecular complexity index is 892. The third-order valence-electron chi connectivity index (χ3n) is 4.72. The molecule has 3 rings (SSSR count). The lowest BCUT2D eigenvalue weighted by molar-refractivity contribution is 0.0940. The van der Waals surface area contributed by atoms with Crippen LogP contribution in [-0.4, -0.2) is 18.3 Å². The van der Waals surface area contributed by atoms with Crippen molar-refractivity contribution >= 4 is 17.7 Å². The van der Waals surface area contributed by atoms with Gasteiger partial charge in [-0.15, -0.1) is 11.8 Å². The van der Waals surface area contributed by atoms with Crippen LogP contribution in [0.2, 0.25) is 0 Å². The fourth-order valence-corrected chi connectivity index (χ4v) is 3.70. The number of thioether (sulfide) groups is 1. The quantitative estimate of drug-likeness (QED) is 0.355. The number of nitrogens with one attached hydrogen (secondary N) is 1. The predicted octanol–water partition coefficient (Wildman–Crippen LogP) is 5.91. The first kappa shape index (κ1) is 21.0. The highest BCUT2D eigenvalue weighted by molar-refractivity contribution is 7.99.